The monoisotopic (exact) mass is 436 g/mol. The average molecular weight is 437 g/mol. The Hall–Kier alpha value is -3.26. The number of rotatable bonds is 5. The van der Waals surface area contributed by atoms with Crippen molar-refractivity contribution in [2.75, 3.05) is 31.1 Å². The van der Waals surface area contributed by atoms with Crippen LogP contribution in [0.5, 0.6) is 0 Å². The predicted molar refractivity (Wildman–Crippen MR) is 123 cm³/mol. The highest BCUT2D eigenvalue weighted by molar-refractivity contribution is 7.71. The number of aromatic amines is 1. The number of H-pyrrole nitrogens is 1. The number of nitrogens with one attached hydrogen (secondary N) is 1. The largest absolute Gasteiger partial charge is 0.368 e. The summed E-state index contributed by atoms with van der Waals surface area (Å²) >= 11 is 5.32. The van der Waals surface area contributed by atoms with Crippen LogP contribution < -0.4 is 10.5 Å². The number of carbonyl (C=O) groups is 2. The van der Waals surface area contributed by atoms with Crippen molar-refractivity contribution in [3.05, 3.63) is 69.2 Å². The van der Waals surface area contributed by atoms with Gasteiger partial charge in [0.15, 0.2) is 10.6 Å². The second kappa shape index (κ2) is 8.85. The van der Waals surface area contributed by atoms with Gasteiger partial charge in [0.2, 0.25) is 5.91 Å². The highest BCUT2D eigenvalue weighted by atomic mass is 32.1. The number of para-hydroxylation sites is 1. The number of carbonyl (C=O) groups excluding carboxylic acids is 2. The van der Waals surface area contributed by atoms with Gasteiger partial charge in [-0.1, -0.05) is 12.1 Å². The summed E-state index contributed by atoms with van der Waals surface area (Å²) in [6.07, 6.45) is 0.225. The molecular formula is C23H24N4O3S. The lowest BCUT2D eigenvalue weighted by Crippen LogP contribution is -2.49. The molecule has 0 aliphatic carbocycles. The Balaban J connectivity index is 1.37. The molecule has 1 amide bonds. The van der Waals surface area contributed by atoms with Gasteiger partial charge in [-0.15, -0.1) is 0 Å². The fraction of sp³-hybridized carbons (Fsp3) is 0.304. The normalized spacial score (nSPS) is 14.1. The quantitative estimate of drug-likeness (QED) is 0.491. The number of ketones is 1. The Morgan fingerprint density at radius 2 is 1.68 bits per heavy atom. The van der Waals surface area contributed by atoms with Gasteiger partial charge in [-0.05, 0) is 55.5 Å². The topological polar surface area (TPSA) is 78.4 Å². The van der Waals surface area contributed by atoms with Crippen LogP contribution in [-0.2, 0) is 11.3 Å². The van der Waals surface area contributed by atoms with E-state index in [1.54, 1.807) is 13.0 Å². The summed E-state index contributed by atoms with van der Waals surface area (Å²) in [5.74, 6) is 0.0633. The zero-order chi connectivity index (χ0) is 22.0. The summed E-state index contributed by atoms with van der Waals surface area (Å²) in [4.78, 5) is 44.0. The number of fused-ring (bicyclic) bond motifs is 1. The first-order valence-electron chi connectivity index (χ1n) is 10.3. The number of hydrogen-bond donors (Lipinski definition) is 1. The molecule has 8 heteroatoms. The van der Waals surface area contributed by atoms with Gasteiger partial charge in [0.1, 0.15) is 0 Å². The van der Waals surface area contributed by atoms with E-state index in [2.05, 4.69) is 9.88 Å². The molecule has 1 aliphatic heterocycles. The third kappa shape index (κ3) is 4.44. The summed E-state index contributed by atoms with van der Waals surface area (Å²) in [7, 11) is 0. The van der Waals surface area contributed by atoms with Crippen LogP contribution in [0.15, 0.2) is 53.3 Å². The van der Waals surface area contributed by atoms with E-state index in [0.717, 1.165) is 18.8 Å². The van der Waals surface area contributed by atoms with Crippen LogP contribution in [0.25, 0.3) is 10.9 Å². The van der Waals surface area contributed by atoms with Crippen molar-refractivity contribution in [3.8, 4) is 0 Å². The van der Waals surface area contributed by atoms with Gasteiger partial charge in [-0.3, -0.25) is 19.0 Å². The lowest BCUT2D eigenvalue weighted by atomic mass is 10.1. The maximum absolute atomic E-state index is 12.7. The SMILES string of the molecule is CC(=O)c1ccc(N2CCN(C(=O)CCn3c(=S)[nH]c4ccccc4c3=O)CC2)cc1. The van der Waals surface area contributed by atoms with E-state index in [1.807, 2.05) is 47.4 Å². The van der Waals surface area contributed by atoms with E-state index < -0.39 is 0 Å². The second-order valence-electron chi connectivity index (χ2n) is 7.65. The highest BCUT2D eigenvalue weighted by Gasteiger charge is 2.21. The molecule has 1 N–H and O–H groups in total. The van der Waals surface area contributed by atoms with Crippen molar-refractivity contribution in [2.45, 2.75) is 19.9 Å². The lowest BCUT2D eigenvalue weighted by Gasteiger charge is -2.36. The van der Waals surface area contributed by atoms with Crippen molar-refractivity contribution in [2.24, 2.45) is 0 Å². The van der Waals surface area contributed by atoms with Crippen LogP contribution in [-0.4, -0.2) is 52.3 Å². The Bertz CT molecular complexity index is 1240. The first-order chi connectivity index (χ1) is 14.9. The number of benzene rings is 2. The highest BCUT2D eigenvalue weighted by Crippen LogP contribution is 2.18. The van der Waals surface area contributed by atoms with E-state index in [0.29, 0.717) is 34.3 Å². The van der Waals surface area contributed by atoms with Crippen LogP contribution >= 0.6 is 12.2 Å². The number of aromatic nitrogens is 2. The maximum atomic E-state index is 12.7. The van der Waals surface area contributed by atoms with Crippen LogP contribution in [0, 0.1) is 4.77 Å². The summed E-state index contributed by atoms with van der Waals surface area (Å²) in [6, 6.07) is 14.8. The molecule has 0 radical (unpaired) electrons. The number of anilines is 1. The zero-order valence-electron chi connectivity index (χ0n) is 17.3. The van der Waals surface area contributed by atoms with Gasteiger partial charge in [0.05, 0.1) is 10.9 Å². The molecule has 3 aromatic rings. The molecule has 0 atom stereocenters. The van der Waals surface area contributed by atoms with Crippen molar-refractivity contribution in [1.82, 2.24) is 14.5 Å². The fourth-order valence-electron chi connectivity index (χ4n) is 3.89. The fourth-order valence-corrected chi connectivity index (χ4v) is 4.17. The Morgan fingerprint density at radius 1 is 1.00 bits per heavy atom. The zero-order valence-corrected chi connectivity index (χ0v) is 18.2. The van der Waals surface area contributed by atoms with Crippen molar-refractivity contribution < 1.29 is 9.59 Å². The van der Waals surface area contributed by atoms with Gasteiger partial charge < -0.3 is 14.8 Å². The third-order valence-corrected chi connectivity index (χ3v) is 6.03. The first kappa shape index (κ1) is 21.0. The van der Waals surface area contributed by atoms with Crippen LogP contribution in [0.1, 0.15) is 23.7 Å². The molecular weight excluding hydrogens is 412 g/mol. The van der Waals surface area contributed by atoms with E-state index in [4.69, 9.17) is 12.2 Å². The third-order valence-electron chi connectivity index (χ3n) is 5.71. The van der Waals surface area contributed by atoms with E-state index in [1.165, 1.54) is 4.57 Å². The van der Waals surface area contributed by atoms with Crippen molar-refractivity contribution >= 4 is 40.5 Å². The molecule has 7 nitrogen and oxygen atoms in total. The molecule has 31 heavy (non-hydrogen) atoms. The average Bonchev–Trinajstić information content (AvgIpc) is 2.79. The van der Waals surface area contributed by atoms with Gasteiger partial charge in [0.25, 0.3) is 5.56 Å². The van der Waals surface area contributed by atoms with Gasteiger partial charge in [-0.2, -0.15) is 0 Å². The van der Waals surface area contributed by atoms with Gasteiger partial charge >= 0.3 is 0 Å². The molecule has 2 aromatic carbocycles. The molecule has 1 fully saturated rings. The minimum atomic E-state index is -0.175. The van der Waals surface area contributed by atoms with Crippen LogP contribution in [0.3, 0.4) is 0 Å². The molecule has 0 bridgehead atoms. The summed E-state index contributed by atoms with van der Waals surface area (Å²) in [6.45, 7) is 4.49. The summed E-state index contributed by atoms with van der Waals surface area (Å²) in [5.41, 5.74) is 2.27. The first-order valence-corrected chi connectivity index (χ1v) is 10.7. The van der Waals surface area contributed by atoms with Gasteiger partial charge in [-0.25, -0.2) is 0 Å². The van der Waals surface area contributed by atoms with Crippen LogP contribution in [0.2, 0.25) is 0 Å². The summed E-state index contributed by atoms with van der Waals surface area (Å²) < 4.78 is 1.79. The molecule has 1 aliphatic rings. The van der Waals surface area contributed by atoms with Gasteiger partial charge in [0, 0.05) is 50.4 Å². The molecule has 160 valence electrons. The van der Waals surface area contributed by atoms with E-state index in [-0.39, 0.29) is 30.2 Å². The molecule has 4 rings (SSSR count). The second-order valence-corrected chi connectivity index (χ2v) is 8.04. The van der Waals surface area contributed by atoms with Crippen molar-refractivity contribution in [3.63, 3.8) is 0 Å². The lowest BCUT2D eigenvalue weighted by molar-refractivity contribution is -0.131. The molecule has 1 aromatic heterocycles. The molecule has 2 heterocycles. The number of amides is 1. The number of hydrogen-bond acceptors (Lipinski definition) is 5. The molecule has 0 unspecified atom stereocenters. The maximum Gasteiger partial charge on any atom is 0.262 e. The summed E-state index contributed by atoms with van der Waals surface area (Å²) in [5, 5.41) is 0.563. The number of Topliss-reactive ketones (excluding diaryl/α,β-unsaturated/α-hetero) is 1. The number of piperazine rings is 1. The Morgan fingerprint density at radius 3 is 2.35 bits per heavy atom. The molecule has 0 spiro atoms. The van der Waals surface area contributed by atoms with E-state index in [9.17, 15) is 14.4 Å². The van der Waals surface area contributed by atoms with Crippen molar-refractivity contribution in [1.29, 1.82) is 0 Å². The minimum absolute atomic E-state index is 0.0148. The Kier molecular flexibility index (Phi) is 5.99. The van der Waals surface area contributed by atoms with E-state index >= 15 is 0 Å². The predicted octanol–water partition coefficient (Wildman–Crippen LogP) is 3.00. The number of nitrogens with zero attached hydrogens (tertiary/aromatic N) is 3. The minimum Gasteiger partial charge on any atom is -0.368 e. The molecule has 0 saturated carbocycles. The standard InChI is InChI=1S/C23H24N4O3S/c1-16(28)17-6-8-18(9-7-17)25-12-14-26(15-13-25)21(29)10-11-27-22(30)19-4-2-3-5-20(19)24-23(27)31/h2-9H,10-15H2,1H3,(H,24,31). The smallest absolute Gasteiger partial charge is 0.262 e. The Labute approximate surface area is 184 Å². The molecule has 1 saturated heterocycles. The van der Waals surface area contributed by atoms with Crippen LogP contribution in [0.4, 0.5) is 5.69 Å².